The highest BCUT2D eigenvalue weighted by molar-refractivity contribution is 7.10. The van der Waals surface area contributed by atoms with Crippen molar-refractivity contribution in [2.75, 3.05) is 13.2 Å². The van der Waals surface area contributed by atoms with Gasteiger partial charge in [0.1, 0.15) is 16.0 Å². The second-order valence-corrected chi connectivity index (χ2v) is 6.90. The minimum atomic E-state index is 0.629. The van der Waals surface area contributed by atoms with Crippen LogP contribution >= 0.6 is 22.9 Å². The van der Waals surface area contributed by atoms with Crippen LogP contribution in [0, 0.1) is 0 Å². The fourth-order valence-electron chi connectivity index (χ4n) is 2.57. The molecule has 1 aromatic carbocycles. The van der Waals surface area contributed by atoms with Crippen LogP contribution in [0.15, 0.2) is 29.8 Å². The van der Waals surface area contributed by atoms with Gasteiger partial charge in [-0.3, -0.25) is 0 Å². The van der Waals surface area contributed by atoms with Crippen molar-refractivity contribution in [1.29, 1.82) is 0 Å². The maximum Gasteiger partial charge on any atom is 0.161 e. The zero-order valence-electron chi connectivity index (χ0n) is 13.2. The molecular weight excluding hydrogens is 346 g/mol. The minimum Gasteiger partial charge on any atom is -0.490 e. The van der Waals surface area contributed by atoms with E-state index in [1.165, 1.54) is 0 Å². The molecular formula is C17H16ClN3O2S. The maximum atomic E-state index is 6.04. The van der Waals surface area contributed by atoms with Gasteiger partial charge in [-0.05, 0) is 18.2 Å². The number of halogens is 1. The van der Waals surface area contributed by atoms with E-state index in [9.17, 15) is 0 Å². The molecule has 0 N–H and O–H groups in total. The van der Waals surface area contributed by atoms with Gasteiger partial charge in [0.15, 0.2) is 11.5 Å². The molecule has 0 amide bonds. The lowest BCUT2D eigenvalue weighted by molar-refractivity contribution is 0.297. The van der Waals surface area contributed by atoms with E-state index >= 15 is 0 Å². The molecule has 0 spiro atoms. The predicted molar refractivity (Wildman–Crippen MR) is 94.2 cm³/mol. The van der Waals surface area contributed by atoms with Crippen LogP contribution in [0.3, 0.4) is 0 Å². The summed E-state index contributed by atoms with van der Waals surface area (Å²) in [5.41, 5.74) is 1.96. The SMILES string of the molecule is Cn1c(Cl)cnc1Cc1nc(-c2ccc3c(c2)OCCCO3)cs1. The van der Waals surface area contributed by atoms with Crippen molar-refractivity contribution >= 4 is 22.9 Å². The highest BCUT2D eigenvalue weighted by Crippen LogP contribution is 2.34. The highest BCUT2D eigenvalue weighted by Gasteiger charge is 2.14. The van der Waals surface area contributed by atoms with E-state index < -0.39 is 0 Å². The van der Waals surface area contributed by atoms with Crippen molar-refractivity contribution in [2.45, 2.75) is 12.8 Å². The topological polar surface area (TPSA) is 49.2 Å². The molecule has 0 radical (unpaired) electrons. The Balaban J connectivity index is 1.58. The average Bonchev–Trinajstić information content (AvgIpc) is 3.09. The van der Waals surface area contributed by atoms with Crippen LogP contribution in [-0.2, 0) is 13.5 Å². The van der Waals surface area contributed by atoms with Gasteiger partial charge in [-0.1, -0.05) is 11.6 Å². The molecule has 5 nitrogen and oxygen atoms in total. The number of imidazole rings is 1. The van der Waals surface area contributed by atoms with Crippen molar-refractivity contribution < 1.29 is 9.47 Å². The molecule has 4 rings (SSSR count). The van der Waals surface area contributed by atoms with Gasteiger partial charge in [0, 0.05) is 24.4 Å². The average molecular weight is 362 g/mol. The first kappa shape index (κ1) is 15.5. The zero-order chi connectivity index (χ0) is 16.5. The first-order valence-electron chi connectivity index (χ1n) is 7.71. The first-order valence-corrected chi connectivity index (χ1v) is 8.97. The fraction of sp³-hybridized carbons (Fsp3) is 0.294. The van der Waals surface area contributed by atoms with E-state index in [1.807, 2.05) is 29.8 Å². The first-order chi connectivity index (χ1) is 11.7. The number of hydrogen-bond acceptors (Lipinski definition) is 5. The summed E-state index contributed by atoms with van der Waals surface area (Å²) in [6.07, 6.45) is 3.23. The van der Waals surface area contributed by atoms with Crippen LogP contribution in [-0.4, -0.2) is 27.7 Å². The summed E-state index contributed by atoms with van der Waals surface area (Å²) >= 11 is 7.65. The van der Waals surface area contributed by atoms with E-state index in [4.69, 9.17) is 26.1 Å². The summed E-state index contributed by atoms with van der Waals surface area (Å²) in [6.45, 7) is 1.37. The van der Waals surface area contributed by atoms with Gasteiger partial charge in [0.2, 0.25) is 0 Å². The number of ether oxygens (including phenoxy) is 2. The molecule has 0 aliphatic carbocycles. The number of benzene rings is 1. The maximum absolute atomic E-state index is 6.04. The number of fused-ring (bicyclic) bond motifs is 1. The molecule has 2 aromatic heterocycles. The van der Waals surface area contributed by atoms with Gasteiger partial charge in [0.25, 0.3) is 0 Å². The molecule has 1 aliphatic rings. The van der Waals surface area contributed by atoms with E-state index in [-0.39, 0.29) is 0 Å². The largest absolute Gasteiger partial charge is 0.490 e. The molecule has 3 heterocycles. The number of rotatable bonds is 3. The Morgan fingerprint density at radius 3 is 2.88 bits per heavy atom. The molecule has 124 valence electrons. The molecule has 0 fully saturated rings. The monoisotopic (exact) mass is 361 g/mol. The van der Waals surface area contributed by atoms with Crippen molar-refractivity contribution in [3.8, 4) is 22.8 Å². The molecule has 3 aromatic rings. The van der Waals surface area contributed by atoms with Gasteiger partial charge in [-0.2, -0.15) is 0 Å². The lowest BCUT2D eigenvalue weighted by atomic mass is 10.1. The zero-order valence-corrected chi connectivity index (χ0v) is 14.7. The molecule has 1 aliphatic heterocycles. The Morgan fingerprint density at radius 2 is 2.08 bits per heavy atom. The summed E-state index contributed by atoms with van der Waals surface area (Å²) in [4.78, 5) is 9.05. The summed E-state index contributed by atoms with van der Waals surface area (Å²) < 4.78 is 13.3. The van der Waals surface area contributed by atoms with Crippen LogP contribution in [0.2, 0.25) is 5.15 Å². The Morgan fingerprint density at radius 1 is 1.25 bits per heavy atom. The lowest BCUT2D eigenvalue weighted by Gasteiger charge is -2.08. The molecule has 0 unspecified atom stereocenters. The van der Waals surface area contributed by atoms with Crippen LogP contribution in [0.5, 0.6) is 11.5 Å². The van der Waals surface area contributed by atoms with Crippen molar-refractivity contribution in [1.82, 2.24) is 14.5 Å². The van der Waals surface area contributed by atoms with Crippen LogP contribution in [0.4, 0.5) is 0 Å². The lowest BCUT2D eigenvalue weighted by Crippen LogP contribution is -1.99. The predicted octanol–water partition coefficient (Wildman–Crippen LogP) is 3.95. The van der Waals surface area contributed by atoms with Crippen LogP contribution in [0.25, 0.3) is 11.3 Å². The van der Waals surface area contributed by atoms with E-state index in [1.54, 1.807) is 17.5 Å². The normalized spacial score (nSPS) is 13.8. The number of nitrogens with zero attached hydrogens (tertiary/aromatic N) is 3. The fourth-order valence-corrected chi connectivity index (χ4v) is 3.52. The number of thiazole rings is 1. The second-order valence-electron chi connectivity index (χ2n) is 5.57. The van der Waals surface area contributed by atoms with Gasteiger partial charge < -0.3 is 14.0 Å². The van der Waals surface area contributed by atoms with Gasteiger partial charge >= 0.3 is 0 Å². The van der Waals surface area contributed by atoms with Crippen LogP contribution < -0.4 is 9.47 Å². The molecule has 0 atom stereocenters. The highest BCUT2D eigenvalue weighted by atomic mass is 35.5. The Labute approximate surface area is 148 Å². The molecule has 0 bridgehead atoms. The Bertz CT molecular complexity index is 875. The van der Waals surface area contributed by atoms with E-state index in [0.29, 0.717) is 24.8 Å². The summed E-state index contributed by atoms with van der Waals surface area (Å²) in [5.74, 6) is 2.49. The smallest absolute Gasteiger partial charge is 0.161 e. The standard InChI is InChI=1S/C17H16ClN3O2S/c1-21-15(18)9-19-16(21)8-17-20-12(10-24-17)11-3-4-13-14(7-11)23-6-2-5-22-13/h3-4,7,9-10H,2,5-6,8H2,1H3. The van der Waals surface area contributed by atoms with Gasteiger partial charge in [-0.15, -0.1) is 11.3 Å². The molecule has 0 saturated carbocycles. The minimum absolute atomic E-state index is 0.629. The quantitative estimate of drug-likeness (QED) is 0.708. The van der Waals surface area contributed by atoms with Crippen molar-refractivity contribution in [3.63, 3.8) is 0 Å². The third-order valence-corrected chi connectivity index (χ3v) is 5.13. The second kappa shape index (κ2) is 6.45. The Kier molecular flexibility index (Phi) is 4.16. The molecule has 7 heteroatoms. The van der Waals surface area contributed by atoms with Crippen molar-refractivity contribution in [2.24, 2.45) is 7.05 Å². The van der Waals surface area contributed by atoms with E-state index in [0.717, 1.165) is 40.0 Å². The summed E-state index contributed by atoms with van der Waals surface area (Å²) in [7, 11) is 1.91. The van der Waals surface area contributed by atoms with Gasteiger partial charge in [0.05, 0.1) is 31.5 Å². The molecule has 24 heavy (non-hydrogen) atoms. The third kappa shape index (κ3) is 2.99. The third-order valence-electron chi connectivity index (χ3n) is 3.93. The summed E-state index contributed by atoms with van der Waals surface area (Å²) in [5, 5.41) is 3.69. The molecule has 0 saturated heterocycles. The van der Waals surface area contributed by atoms with E-state index in [2.05, 4.69) is 10.4 Å². The Hall–Kier alpha value is -2.05. The van der Waals surface area contributed by atoms with Gasteiger partial charge in [-0.25, -0.2) is 9.97 Å². The van der Waals surface area contributed by atoms with Crippen LogP contribution in [0.1, 0.15) is 17.3 Å². The van der Waals surface area contributed by atoms with Crippen molar-refractivity contribution in [3.05, 3.63) is 45.8 Å². The number of hydrogen-bond donors (Lipinski definition) is 0. The number of aromatic nitrogens is 3. The summed E-state index contributed by atoms with van der Waals surface area (Å²) in [6, 6.07) is 5.97.